The highest BCUT2D eigenvalue weighted by Crippen LogP contribution is 2.30. The Balaban J connectivity index is 1.88. The molecule has 2 fully saturated rings. The van der Waals surface area contributed by atoms with Gasteiger partial charge in [0, 0.05) is 31.7 Å². The average molecular weight is 297 g/mol. The maximum absolute atomic E-state index is 12.7. The Kier molecular flexibility index (Phi) is 3.57. The molecular weight excluding hydrogens is 278 g/mol. The van der Waals surface area contributed by atoms with Crippen LogP contribution in [-0.2, 0) is 10.2 Å². The fourth-order valence-electron chi connectivity index (χ4n) is 2.83. The highest BCUT2D eigenvalue weighted by molar-refractivity contribution is 7.90. The summed E-state index contributed by atoms with van der Waals surface area (Å²) in [5.41, 5.74) is 0.665. The van der Waals surface area contributed by atoms with Crippen molar-refractivity contribution in [3.63, 3.8) is 0 Å². The Morgan fingerprint density at radius 1 is 1.35 bits per heavy atom. The number of hydrogen-bond acceptors (Lipinski definition) is 4. The third-order valence-corrected chi connectivity index (χ3v) is 5.91. The highest BCUT2D eigenvalue weighted by Gasteiger charge is 2.41. The van der Waals surface area contributed by atoms with Gasteiger partial charge in [-0.05, 0) is 25.1 Å². The number of anilines is 1. The van der Waals surface area contributed by atoms with Gasteiger partial charge in [-0.1, -0.05) is 6.07 Å². The van der Waals surface area contributed by atoms with Crippen molar-refractivity contribution in [1.82, 2.24) is 9.62 Å². The molecule has 3 rings (SSSR count). The maximum Gasteiger partial charge on any atom is 0.304 e. The minimum Gasteiger partial charge on any atom is -0.497 e. The molecule has 1 aromatic rings. The van der Waals surface area contributed by atoms with Crippen molar-refractivity contribution in [2.45, 2.75) is 12.5 Å². The van der Waals surface area contributed by atoms with E-state index in [4.69, 9.17) is 4.74 Å². The molecule has 1 unspecified atom stereocenters. The first-order valence-corrected chi connectivity index (χ1v) is 8.17. The Morgan fingerprint density at radius 2 is 2.20 bits per heavy atom. The van der Waals surface area contributed by atoms with Crippen LogP contribution in [0, 0.1) is 0 Å². The van der Waals surface area contributed by atoms with Gasteiger partial charge in [-0.3, -0.25) is 4.31 Å². The number of methoxy groups -OCH3 is 1. The second-order valence-electron chi connectivity index (χ2n) is 5.04. The van der Waals surface area contributed by atoms with Crippen LogP contribution in [0.25, 0.3) is 0 Å². The summed E-state index contributed by atoms with van der Waals surface area (Å²) in [7, 11) is -1.84. The van der Waals surface area contributed by atoms with Gasteiger partial charge in [-0.25, -0.2) is 0 Å². The van der Waals surface area contributed by atoms with Crippen LogP contribution < -0.4 is 14.4 Å². The van der Waals surface area contributed by atoms with Crippen molar-refractivity contribution in [2.75, 3.05) is 37.6 Å². The standard InChI is InChI=1S/C13H19N3O3S/c1-19-13-4-2-3-11(9-13)15-7-8-16(20(15,17)18)12-5-6-14-10-12/h2-4,9,12,14H,5-8,10H2,1H3. The summed E-state index contributed by atoms with van der Waals surface area (Å²) in [4.78, 5) is 0. The zero-order valence-corrected chi connectivity index (χ0v) is 12.3. The molecule has 2 aliphatic heterocycles. The number of ether oxygens (including phenoxy) is 1. The zero-order chi connectivity index (χ0) is 14.2. The van der Waals surface area contributed by atoms with Crippen molar-refractivity contribution in [3.8, 4) is 5.75 Å². The summed E-state index contributed by atoms with van der Waals surface area (Å²) in [6, 6.07) is 7.26. The maximum atomic E-state index is 12.7. The van der Waals surface area contributed by atoms with E-state index in [2.05, 4.69) is 5.32 Å². The smallest absolute Gasteiger partial charge is 0.304 e. The van der Waals surface area contributed by atoms with Crippen LogP contribution in [0.15, 0.2) is 24.3 Å². The van der Waals surface area contributed by atoms with Crippen molar-refractivity contribution < 1.29 is 13.2 Å². The van der Waals surface area contributed by atoms with Gasteiger partial charge in [0.1, 0.15) is 5.75 Å². The molecule has 0 spiro atoms. The molecule has 0 bridgehead atoms. The molecule has 110 valence electrons. The summed E-state index contributed by atoms with van der Waals surface area (Å²) in [6.45, 7) is 2.67. The Labute approximate surface area is 119 Å². The van der Waals surface area contributed by atoms with E-state index in [1.807, 2.05) is 12.1 Å². The van der Waals surface area contributed by atoms with E-state index in [1.165, 1.54) is 4.31 Å². The predicted molar refractivity (Wildman–Crippen MR) is 77.2 cm³/mol. The second kappa shape index (κ2) is 5.23. The SMILES string of the molecule is COc1cccc(N2CCN(C3CCNC3)S2(=O)=O)c1. The lowest BCUT2D eigenvalue weighted by Gasteiger charge is -2.24. The van der Waals surface area contributed by atoms with Crippen molar-refractivity contribution in [1.29, 1.82) is 0 Å². The van der Waals surface area contributed by atoms with Gasteiger partial charge >= 0.3 is 10.2 Å². The number of nitrogens with one attached hydrogen (secondary N) is 1. The minimum absolute atomic E-state index is 0.0793. The van der Waals surface area contributed by atoms with Crippen molar-refractivity contribution in [2.24, 2.45) is 0 Å². The summed E-state index contributed by atoms with van der Waals surface area (Å²) in [5.74, 6) is 0.665. The van der Waals surface area contributed by atoms with Gasteiger partial charge in [0.15, 0.2) is 0 Å². The molecule has 0 amide bonds. The normalized spacial score (nSPS) is 26.1. The number of benzene rings is 1. The summed E-state index contributed by atoms with van der Waals surface area (Å²) in [6.07, 6.45) is 0.880. The van der Waals surface area contributed by atoms with E-state index < -0.39 is 10.2 Å². The molecule has 0 saturated carbocycles. The largest absolute Gasteiger partial charge is 0.497 e. The Hall–Kier alpha value is -1.31. The van der Waals surface area contributed by atoms with Crippen LogP contribution in [0.3, 0.4) is 0 Å². The molecule has 0 aromatic heterocycles. The molecule has 2 heterocycles. The minimum atomic E-state index is -3.42. The fraction of sp³-hybridized carbons (Fsp3) is 0.538. The number of rotatable bonds is 3. The Morgan fingerprint density at radius 3 is 2.90 bits per heavy atom. The van der Waals surface area contributed by atoms with E-state index in [0.29, 0.717) is 24.5 Å². The second-order valence-corrected chi connectivity index (χ2v) is 6.84. The first kappa shape index (κ1) is 13.7. The summed E-state index contributed by atoms with van der Waals surface area (Å²) >= 11 is 0. The van der Waals surface area contributed by atoms with E-state index >= 15 is 0 Å². The van der Waals surface area contributed by atoms with Gasteiger partial charge < -0.3 is 10.1 Å². The predicted octanol–water partition coefficient (Wildman–Crippen LogP) is 0.424. The first-order chi connectivity index (χ1) is 9.63. The molecular formula is C13H19N3O3S. The lowest BCUT2D eigenvalue weighted by molar-refractivity contribution is 0.365. The van der Waals surface area contributed by atoms with Crippen molar-refractivity contribution >= 4 is 15.9 Å². The molecule has 6 nitrogen and oxygen atoms in total. The van der Waals surface area contributed by atoms with Gasteiger partial charge in [0.25, 0.3) is 0 Å². The third-order valence-electron chi connectivity index (χ3n) is 3.88. The molecule has 2 aliphatic rings. The molecule has 1 aromatic carbocycles. The molecule has 0 radical (unpaired) electrons. The summed E-state index contributed by atoms with van der Waals surface area (Å²) < 4.78 is 33.6. The van der Waals surface area contributed by atoms with Crippen molar-refractivity contribution in [3.05, 3.63) is 24.3 Å². The number of hydrogen-bond donors (Lipinski definition) is 1. The van der Waals surface area contributed by atoms with Crippen LogP contribution in [0.2, 0.25) is 0 Å². The monoisotopic (exact) mass is 297 g/mol. The van der Waals surface area contributed by atoms with Crippen LogP contribution in [0.4, 0.5) is 5.69 Å². The average Bonchev–Trinajstić information content (AvgIpc) is 3.05. The lowest BCUT2D eigenvalue weighted by Crippen LogP contribution is -2.41. The highest BCUT2D eigenvalue weighted by atomic mass is 32.2. The topological polar surface area (TPSA) is 61.9 Å². The van der Waals surface area contributed by atoms with Crippen LogP contribution in [-0.4, -0.2) is 52.1 Å². The van der Waals surface area contributed by atoms with E-state index in [-0.39, 0.29) is 6.04 Å². The third kappa shape index (κ3) is 2.25. The Bertz CT molecular complexity index is 584. The van der Waals surface area contributed by atoms with Crippen LogP contribution in [0.1, 0.15) is 6.42 Å². The van der Waals surface area contributed by atoms with Gasteiger partial charge in [0.05, 0.1) is 12.8 Å². The summed E-state index contributed by atoms with van der Waals surface area (Å²) in [5, 5.41) is 3.22. The first-order valence-electron chi connectivity index (χ1n) is 6.77. The number of nitrogens with zero attached hydrogens (tertiary/aromatic N) is 2. The fourth-order valence-corrected chi connectivity index (χ4v) is 4.65. The molecule has 20 heavy (non-hydrogen) atoms. The van der Waals surface area contributed by atoms with Gasteiger partial charge in [0.2, 0.25) is 0 Å². The van der Waals surface area contributed by atoms with E-state index in [0.717, 1.165) is 19.5 Å². The van der Waals surface area contributed by atoms with E-state index in [1.54, 1.807) is 23.5 Å². The quantitative estimate of drug-likeness (QED) is 0.878. The molecule has 2 saturated heterocycles. The van der Waals surface area contributed by atoms with Gasteiger partial charge in [-0.15, -0.1) is 0 Å². The van der Waals surface area contributed by atoms with Crippen LogP contribution in [0.5, 0.6) is 5.75 Å². The lowest BCUT2D eigenvalue weighted by atomic mass is 10.2. The van der Waals surface area contributed by atoms with Crippen LogP contribution >= 0.6 is 0 Å². The zero-order valence-electron chi connectivity index (χ0n) is 11.4. The van der Waals surface area contributed by atoms with E-state index in [9.17, 15) is 8.42 Å². The molecule has 7 heteroatoms. The molecule has 1 N–H and O–H groups in total. The molecule has 0 aliphatic carbocycles. The molecule has 1 atom stereocenters. The van der Waals surface area contributed by atoms with Gasteiger partial charge in [-0.2, -0.15) is 12.7 Å².